The van der Waals surface area contributed by atoms with Gasteiger partial charge in [0.05, 0.1) is 24.7 Å². The molecule has 126 valence electrons. The summed E-state index contributed by atoms with van der Waals surface area (Å²) in [6, 6.07) is 2.65. The number of carbonyl (C=O) groups is 2. The summed E-state index contributed by atoms with van der Waals surface area (Å²) in [4.78, 5) is 28.0. The number of pyridine rings is 1. The van der Waals surface area contributed by atoms with Crippen molar-refractivity contribution in [1.29, 1.82) is 0 Å². The highest BCUT2D eigenvalue weighted by molar-refractivity contribution is 8.00. The normalized spacial score (nSPS) is 18.7. The third kappa shape index (κ3) is 5.10. The molecular weight excluding hydrogens is 337 g/mol. The summed E-state index contributed by atoms with van der Waals surface area (Å²) in [6.45, 7) is 0.321. The van der Waals surface area contributed by atoms with Crippen molar-refractivity contribution in [1.82, 2.24) is 9.88 Å². The fraction of sp³-hybridized carbons (Fsp3) is 0.462. The molecule has 1 aromatic rings. The maximum Gasteiger partial charge on any atom is 0.447 e. The Bertz CT molecular complexity index is 597. The molecule has 1 N–H and O–H groups in total. The van der Waals surface area contributed by atoms with Crippen molar-refractivity contribution < 1.29 is 32.6 Å². The number of aliphatic carboxylic acids is 1. The second-order valence-corrected chi connectivity index (χ2v) is 5.80. The molecule has 1 fully saturated rings. The van der Waals surface area contributed by atoms with Crippen LogP contribution in [0.1, 0.15) is 16.8 Å². The van der Waals surface area contributed by atoms with Crippen LogP contribution < -0.4 is 0 Å². The number of ether oxygens (including phenoxy) is 1. The number of carboxylic acid groups (broad SMARTS) is 1. The van der Waals surface area contributed by atoms with Crippen LogP contribution in [0.4, 0.5) is 13.2 Å². The molecule has 1 aromatic heterocycles. The number of hydrogen-bond acceptors (Lipinski definition) is 5. The molecule has 2 rings (SSSR count). The molecule has 0 aliphatic carbocycles. The molecule has 1 saturated heterocycles. The van der Waals surface area contributed by atoms with Crippen LogP contribution in [0.15, 0.2) is 23.4 Å². The van der Waals surface area contributed by atoms with Gasteiger partial charge in [-0.3, -0.25) is 9.59 Å². The Hall–Kier alpha value is -1.81. The lowest BCUT2D eigenvalue weighted by Gasteiger charge is -2.32. The van der Waals surface area contributed by atoms with Gasteiger partial charge < -0.3 is 14.7 Å². The van der Waals surface area contributed by atoms with Gasteiger partial charge in [-0.2, -0.15) is 13.2 Å². The zero-order valence-electron chi connectivity index (χ0n) is 11.7. The topological polar surface area (TPSA) is 79.7 Å². The van der Waals surface area contributed by atoms with Crippen LogP contribution >= 0.6 is 11.8 Å². The zero-order valence-corrected chi connectivity index (χ0v) is 12.6. The fourth-order valence-electron chi connectivity index (χ4n) is 2.14. The van der Waals surface area contributed by atoms with Gasteiger partial charge in [0.1, 0.15) is 5.03 Å². The average Bonchev–Trinajstić information content (AvgIpc) is 2.45. The highest BCUT2D eigenvalue weighted by atomic mass is 32.2. The summed E-state index contributed by atoms with van der Waals surface area (Å²) < 4.78 is 42.9. The van der Waals surface area contributed by atoms with Crippen LogP contribution in [-0.4, -0.2) is 58.2 Å². The van der Waals surface area contributed by atoms with Gasteiger partial charge in [0.15, 0.2) is 0 Å². The summed E-state index contributed by atoms with van der Waals surface area (Å²) in [7, 11) is 0. The van der Waals surface area contributed by atoms with E-state index in [0.717, 1.165) is 0 Å². The van der Waals surface area contributed by atoms with Gasteiger partial charge in [0, 0.05) is 31.0 Å². The third-order valence-corrected chi connectivity index (χ3v) is 3.79. The van der Waals surface area contributed by atoms with Crippen molar-refractivity contribution in [3.05, 3.63) is 23.9 Å². The van der Waals surface area contributed by atoms with Crippen LogP contribution in [0.5, 0.6) is 0 Å². The summed E-state index contributed by atoms with van der Waals surface area (Å²) in [5.74, 6) is -1.69. The van der Waals surface area contributed by atoms with E-state index in [1.165, 1.54) is 23.2 Å². The highest BCUT2D eigenvalue weighted by Crippen LogP contribution is 2.37. The molecule has 1 amide bonds. The zero-order chi connectivity index (χ0) is 17.0. The number of halogens is 3. The number of amides is 1. The molecule has 1 unspecified atom stereocenters. The Morgan fingerprint density at radius 3 is 2.87 bits per heavy atom. The van der Waals surface area contributed by atoms with Gasteiger partial charge in [-0.25, -0.2) is 4.98 Å². The number of rotatable bonds is 4. The predicted octanol–water partition coefficient (Wildman–Crippen LogP) is 2.01. The van der Waals surface area contributed by atoms with Gasteiger partial charge in [-0.05, 0) is 12.1 Å². The highest BCUT2D eigenvalue weighted by Gasteiger charge is 2.34. The standard InChI is InChI=1S/C13H13F3N2O4S/c14-13(15,16)23-11-9(2-1-3-17-11)12(21)18-4-5-22-8(7-18)6-10(19)20/h1-3,8H,4-7H2,(H,19,20). The van der Waals surface area contributed by atoms with E-state index in [9.17, 15) is 22.8 Å². The Morgan fingerprint density at radius 1 is 1.48 bits per heavy atom. The quantitative estimate of drug-likeness (QED) is 0.837. The molecule has 10 heteroatoms. The Morgan fingerprint density at radius 2 is 2.22 bits per heavy atom. The molecule has 0 radical (unpaired) electrons. The molecule has 0 saturated carbocycles. The van der Waals surface area contributed by atoms with Crippen molar-refractivity contribution in [2.24, 2.45) is 0 Å². The van der Waals surface area contributed by atoms with E-state index < -0.39 is 40.3 Å². The minimum absolute atomic E-state index is 0.0101. The lowest BCUT2D eigenvalue weighted by molar-refractivity contribution is -0.141. The van der Waals surface area contributed by atoms with Crippen molar-refractivity contribution in [3.63, 3.8) is 0 Å². The first kappa shape index (κ1) is 17.5. The minimum atomic E-state index is -4.56. The number of hydrogen-bond donors (Lipinski definition) is 1. The van der Waals surface area contributed by atoms with Crippen LogP contribution in [0, 0.1) is 0 Å². The SMILES string of the molecule is O=C(O)CC1CN(C(=O)c2cccnc2SC(F)(F)F)CCO1. The lowest BCUT2D eigenvalue weighted by atomic mass is 10.1. The smallest absolute Gasteiger partial charge is 0.447 e. The summed E-state index contributed by atoms with van der Waals surface area (Å²) in [5.41, 5.74) is -4.72. The molecule has 1 atom stereocenters. The van der Waals surface area contributed by atoms with E-state index in [1.807, 2.05) is 0 Å². The number of thioether (sulfide) groups is 1. The molecule has 23 heavy (non-hydrogen) atoms. The Kier molecular flexibility index (Phi) is 5.47. The van der Waals surface area contributed by atoms with Crippen LogP contribution in [0.25, 0.3) is 0 Å². The predicted molar refractivity (Wildman–Crippen MR) is 74.0 cm³/mol. The number of nitrogens with zero attached hydrogens (tertiary/aromatic N) is 2. The fourth-order valence-corrected chi connectivity index (χ4v) is 2.74. The largest absolute Gasteiger partial charge is 0.481 e. The monoisotopic (exact) mass is 350 g/mol. The second kappa shape index (κ2) is 7.18. The van der Waals surface area contributed by atoms with E-state index in [2.05, 4.69) is 4.98 Å². The summed E-state index contributed by atoms with van der Waals surface area (Å²) >= 11 is -0.453. The van der Waals surface area contributed by atoms with Gasteiger partial charge in [-0.15, -0.1) is 0 Å². The molecule has 0 aromatic carbocycles. The van der Waals surface area contributed by atoms with Crippen molar-refractivity contribution in [2.75, 3.05) is 19.7 Å². The van der Waals surface area contributed by atoms with Crippen LogP contribution in [0.2, 0.25) is 0 Å². The number of aromatic nitrogens is 1. The molecule has 0 bridgehead atoms. The van der Waals surface area contributed by atoms with E-state index in [0.29, 0.717) is 0 Å². The first-order valence-electron chi connectivity index (χ1n) is 6.59. The lowest BCUT2D eigenvalue weighted by Crippen LogP contribution is -2.46. The number of carboxylic acids is 1. The van der Waals surface area contributed by atoms with Gasteiger partial charge in [0.2, 0.25) is 0 Å². The summed E-state index contributed by atoms with van der Waals surface area (Å²) in [5, 5.41) is 8.33. The minimum Gasteiger partial charge on any atom is -0.481 e. The molecule has 0 spiro atoms. The van der Waals surface area contributed by atoms with Gasteiger partial charge in [-0.1, -0.05) is 0 Å². The molecular formula is C13H13F3N2O4S. The Balaban J connectivity index is 2.15. The number of carbonyl (C=O) groups excluding carboxylic acids is 1. The first-order chi connectivity index (χ1) is 10.8. The molecule has 6 nitrogen and oxygen atoms in total. The molecule has 1 aliphatic heterocycles. The van der Waals surface area contributed by atoms with E-state index in [-0.39, 0.29) is 31.7 Å². The second-order valence-electron chi connectivity index (χ2n) is 4.75. The molecule has 2 heterocycles. The molecule has 1 aliphatic rings. The van der Waals surface area contributed by atoms with E-state index in [4.69, 9.17) is 9.84 Å². The van der Waals surface area contributed by atoms with Crippen molar-refractivity contribution in [3.8, 4) is 0 Å². The van der Waals surface area contributed by atoms with E-state index in [1.54, 1.807) is 0 Å². The van der Waals surface area contributed by atoms with Gasteiger partial charge in [0.25, 0.3) is 5.91 Å². The van der Waals surface area contributed by atoms with Crippen LogP contribution in [0.3, 0.4) is 0 Å². The maximum atomic E-state index is 12.5. The first-order valence-corrected chi connectivity index (χ1v) is 7.41. The summed E-state index contributed by atoms with van der Waals surface area (Å²) in [6.07, 6.45) is 0.221. The number of alkyl halides is 3. The average molecular weight is 350 g/mol. The van der Waals surface area contributed by atoms with Gasteiger partial charge >= 0.3 is 11.5 Å². The third-order valence-electron chi connectivity index (χ3n) is 3.04. The van der Waals surface area contributed by atoms with Crippen LogP contribution in [-0.2, 0) is 9.53 Å². The maximum absolute atomic E-state index is 12.5. The Labute approximate surface area is 133 Å². The van der Waals surface area contributed by atoms with Crippen molar-refractivity contribution in [2.45, 2.75) is 23.1 Å². The van der Waals surface area contributed by atoms with Crippen molar-refractivity contribution >= 4 is 23.6 Å². The van der Waals surface area contributed by atoms with E-state index >= 15 is 0 Å². The number of morpholine rings is 1.